The Morgan fingerprint density at radius 3 is 1.38 bits per heavy atom. The number of nitrogens with zero attached hydrogens (tertiary/aromatic N) is 1. The highest BCUT2D eigenvalue weighted by atomic mass is 15.1. The molecule has 0 spiro atoms. The molecule has 53 heavy (non-hydrogen) atoms. The molecule has 6 aromatic rings. The van der Waals surface area contributed by atoms with Crippen molar-refractivity contribution < 1.29 is 0 Å². The molecule has 0 amide bonds. The van der Waals surface area contributed by atoms with E-state index in [1.807, 2.05) is 0 Å². The van der Waals surface area contributed by atoms with Crippen LogP contribution in [0.3, 0.4) is 0 Å². The van der Waals surface area contributed by atoms with E-state index in [0.29, 0.717) is 5.41 Å². The molecule has 1 heteroatoms. The van der Waals surface area contributed by atoms with Crippen molar-refractivity contribution in [2.45, 2.75) is 82.5 Å². The van der Waals surface area contributed by atoms with Crippen molar-refractivity contribution in [2.75, 3.05) is 4.90 Å². The Hall–Kier alpha value is -4.88. The second kappa shape index (κ2) is 11.1. The van der Waals surface area contributed by atoms with Crippen LogP contribution in [-0.4, -0.2) is 0 Å². The third-order valence-electron chi connectivity index (χ3n) is 14.6. The highest BCUT2D eigenvalue weighted by molar-refractivity contribution is 5.92. The van der Waals surface area contributed by atoms with Gasteiger partial charge in [-0.05, 0) is 148 Å². The summed E-state index contributed by atoms with van der Waals surface area (Å²) in [4.78, 5) is 2.54. The summed E-state index contributed by atoms with van der Waals surface area (Å²) < 4.78 is 0. The van der Waals surface area contributed by atoms with Crippen LogP contribution in [-0.2, 0) is 16.2 Å². The molecule has 6 aliphatic rings. The first-order valence-corrected chi connectivity index (χ1v) is 20.2. The van der Waals surface area contributed by atoms with Gasteiger partial charge in [0.25, 0.3) is 0 Å². The Kier molecular flexibility index (Phi) is 6.61. The minimum atomic E-state index is -0.0816. The second-order valence-corrected chi connectivity index (χ2v) is 18.4. The highest BCUT2D eigenvalue weighted by Crippen LogP contribution is 2.61. The molecule has 4 fully saturated rings. The van der Waals surface area contributed by atoms with Gasteiger partial charge in [0.2, 0.25) is 0 Å². The molecule has 6 aliphatic carbocycles. The standard InChI is InChI=1S/C52H49N/c1-50(2)45-14-8-5-12-41(45)43-23-21-38(28-47(43)50)53(39-22-24-44-42-13-6-9-15-46(42)51(3,4)48(44)29-39)49-16-10-7-11-40(49)36-17-19-37(20-18-36)52-30-33-25-34(31-52)27-35(26-33)32-52/h5-24,28-29,33-35H,25-27,30-32H2,1-4H3. The van der Waals surface area contributed by atoms with Crippen LogP contribution in [0.4, 0.5) is 17.1 Å². The summed E-state index contributed by atoms with van der Waals surface area (Å²) in [5.74, 6) is 2.85. The van der Waals surface area contributed by atoms with E-state index in [1.54, 1.807) is 5.56 Å². The van der Waals surface area contributed by atoms with Gasteiger partial charge in [-0.25, -0.2) is 0 Å². The molecular formula is C52H49N. The predicted molar refractivity (Wildman–Crippen MR) is 222 cm³/mol. The first-order chi connectivity index (χ1) is 25.7. The first kappa shape index (κ1) is 31.6. The molecule has 4 saturated carbocycles. The van der Waals surface area contributed by atoms with E-state index < -0.39 is 0 Å². The van der Waals surface area contributed by atoms with E-state index >= 15 is 0 Å². The van der Waals surface area contributed by atoms with Gasteiger partial charge in [-0.1, -0.05) is 131 Å². The average molecular weight is 688 g/mol. The van der Waals surface area contributed by atoms with E-state index in [4.69, 9.17) is 0 Å². The number of anilines is 3. The fourth-order valence-corrected chi connectivity index (χ4v) is 12.5. The molecule has 0 radical (unpaired) electrons. The molecule has 262 valence electrons. The van der Waals surface area contributed by atoms with E-state index in [0.717, 1.165) is 17.8 Å². The fourth-order valence-electron chi connectivity index (χ4n) is 12.5. The maximum absolute atomic E-state index is 2.54. The molecule has 0 saturated heterocycles. The molecule has 0 unspecified atom stereocenters. The molecular weight excluding hydrogens is 639 g/mol. The Bertz CT molecular complexity index is 2300. The zero-order valence-electron chi connectivity index (χ0n) is 31.6. The smallest absolute Gasteiger partial charge is 0.0540 e. The topological polar surface area (TPSA) is 3.24 Å². The molecule has 12 rings (SSSR count). The van der Waals surface area contributed by atoms with Crippen LogP contribution < -0.4 is 4.90 Å². The maximum Gasteiger partial charge on any atom is 0.0540 e. The van der Waals surface area contributed by atoms with Gasteiger partial charge >= 0.3 is 0 Å². The van der Waals surface area contributed by atoms with Crippen LogP contribution in [0.15, 0.2) is 133 Å². The number of rotatable bonds is 5. The zero-order valence-corrected chi connectivity index (χ0v) is 31.6. The zero-order chi connectivity index (χ0) is 35.7. The number of para-hydroxylation sites is 1. The molecule has 6 aromatic carbocycles. The van der Waals surface area contributed by atoms with Gasteiger partial charge in [0.15, 0.2) is 0 Å². The van der Waals surface area contributed by atoms with Crippen molar-refractivity contribution >= 4 is 17.1 Å². The van der Waals surface area contributed by atoms with Crippen molar-refractivity contribution in [1.82, 2.24) is 0 Å². The Balaban J connectivity index is 1.06. The van der Waals surface area contributed by atoms with Gasteiger partial charge in [0.05, 0.1) is 5.69 Å². The van der Waals surface area contributed by atoms with Gasteiger partial charge in [0.1, 0.15) is 0 Å². The van der Waals surface area contributed by atoms with Crippen LogP contribution in [0.1, 0.15) is 94.0 Å². The number of benzene rings is 6. The van der Waals surface area contributed by atoms with Crippen molar-refractivity contribution in [2.24, 2.45) is 17.8 Å². The highest BCUT2D eigenvalue weighted by Gasteiger charge is 2.51. The molecule has 0 N–H and O–H groups in total. The number of hydrogen-bond donors (Lipinski definition) is 0. The Labute approximate surface area is 315 Å². The molecule has 0 heterocycles. The third kappa shape index (κ3) is 4.56. The SMILES string of the molecule is CC1(C)c2ccccc2-c2ccc(N(c3ccc4c(c3)C(C)(C)c3ccccc3-4)c3ccccc3-c3ccc(C45CC6CC(CC(C6)C4)C5)cc3)cc21. The first-order valence-electron chi connectivity index (χ1n) is 20.2. The summed E-state index contributed by atoms with van der Waals surface area (Å²) in [5.41, 5.74) is 19.1. The molecule has 0 aromatic heterocycles. The quantitative estimate of drug-likeness (QED) is 0.174. The molecule has 4 bridgehead atoms. The average Bonchev–Trinajstić information content (AvgIpc) is 3.54. The normalized spacial score (nSPS) is 24.7. The van der Waals surface area contributed by atoms with Gasteiger partial charge in [0, 0.05) is 27.8 Å². The predicted octanol–water partition coefficient (Wildman–Crippen LogP) is 13.9. The van der Waals surface area contributed by atoms with Crippen LogP contribution in [0.25, 0.3) is 33.4 Å². The van der Waals surface area contributed by atoms with Crippen molar-refractivity contribution in [3.8, 4) is 33.4 Å². The summed E-state index contributed by atoms with van der Waals surface area (Å²) >= 11 is 0. The molecule has 1 nitrogen and oxygen atoms in total. The van der Waals surface area contributed by atoms with Gasteiger partial charge in [-0.2, -0.15) is 0 Å². The lowest BCUT2D eigenvalue weighted by atomic mass is 9.48. The Morgan fingerprint density at radius 1 is 0.434 bits per heavy atom. The van der Waals surface area contributed by atoms with E-state index in [9.17, 15) is 0 Å². The lowest BCUT2D eigenvalue weighted by Gasteiger charge is -2.57. The van der Waals surface area contributed by atoms with E-state index in [2.05, 4.69) is 166 Å². The monoisotopic (exact) mass is 687 g/mol. The maximum atomic E-state index is 2.54. The molecule has 0 atom stereocenters. The van der Waals surface area contributed by atoms with Crippen molar-refractivity contribution in [1.29, 1.82) is 0 Å². The van der Waals surface area contributed by atoms with Crippen molar-refractivity contribution in [3.05, 3.63) is 161 Å². The van der Waals surface area contributed by atoms with E-state index in [1.165, 1.54) is 111 Å². The van der Waals surface area contributed by atoms with Crippen LogP contribution in [0.2, 0.25) is 0 Å². The third-order valence-corrected chi connectivity index (χ3v) is 14.6. The lowest BCUT2D eigenvalue weighted by Crippen LogP contribution is -2.48. The van der Waals surface area contributed by atoms with Gasteiger partial charge < -0.3 is 4.90 Å². The summed E-state index contributed by atoms with van der Waals surface area (Å²) in [6.07, 6.45) is 8.66. The number of fused-ring (bicyclic) bond motifs is 6. The van der Waals surface area contributed by atoms with Crippen molar-refractivity contribution in [3.63, 3.8) is 0 Å². The van der Waals surface area contributed by atoms with Crippen LogP contribution in [0.5, 0.6) is 0 Å². The summed E-state index contributed by atoms with van der Waals surface area (Å²) in [6, 6.07) is 51.4. The summed E-state index contributed by atoms with van der Waals surface area (Å²) in [6.45, 7) is 9.56. The fraction of sp³-hybridized carbons (Fsp3) is 0.308. The van der Waals surface area contributed by atoms with Gasteiger partial charge in [-0.3, -0.25) is 0 Å². The number of hydrogen-bond acceptors (Lipinski definition) is 1. The second-order valence-electron chi connectivity index (χ2n) is 18.4. The van der Waals surface area contributed by atoms with Crippen LogP contribution >= 0.6 is 0 Å². The summed E-state index contributed by atoms with van der Waals surface area (Å²) in [7, 11) is 0. The molecule has 0 aliphatic heterocycles. The largest absolute Gasteiger partial charge is 0.310 e. The lowest BCUT2D eigenvalue weighted by molar-refractivity contribution is -0.00518. The van der Waals surface area contributed by atoms with E-state index in [-0.39, 0.29) is 10.8 Å². The Morgan fingerprint density at radius 2 is 0.868 bits per heavy atom. The minimum absolute atomic E-state index is 0.0816. The minimum Gasteiger partial charge on any atom is -0.310 e. The van der Waals surface area contributed by atoms with Gasteiger partial charge in [-0.15, -0.1) is 0 Å². The van der Waals surface area contributed by atoms with Crippen LogP contribution in [0, 0.1) is 17.8 Å². The summed E-state index contributed by atoms with van der Waals surface area (Å²) in [5, 5.41) is 0.